The van der Waals surface area contributed by atoms with Gasteiger partial charge >= 0.3 is 5.97 Å². The number of esters is 1. The van der Waals surface area contributed by atoms with E-state index in [0.717, 1.165) is 0 Å². The van der Waals surface area contributed by atoms with Gasteiger partial charge in [-0.1, -0.05) is 12.1 Å². The SMILES string of the molecule is CC(C)(C)OC(=O)C(N)c1ccc(N=C=S)cc1. The molecule has 1 rings (SSSR count). The Morgan fingerprint density at radius 3 is 2.39 bits per heavy atom. The van der Waals surface area contributed by atoms with Crippen LogP contribution in [0.3, 0.4) is 0 Å². The van der Waals surface area contributed by atoms with Crippen molar-refractivity contribution >= 4 is 29.0 Å². The van der Waals surface area contributed by atoms with E-state index in [1.807, 2.05) is 0 Å². The molecule has 1 aromatic rings. The highest BCUT2D eigenvalue weighted by atomic mass is 32.1. The third kappa shape index (κ3) is 4.37. The Morgan fingerprint density at radius 2 is 1.94 bits per heavy atom. The summed E-state index contributed by atoms with van der Waals surface area (Å²) in [6.07, 6.45) is 0. The molecule has 2 N–H and O–H groups in total. The van der Waals surface area contributed by atoms with Gasteiger partial charge in [0.15, 0.2) is 0 Å². The van der Waals surface area contributed by atoms with Gasteiger partial charge in [-0.05, 0) is 50.7 Å². The molecule has 0 radical (unpaired) electrons. The lowest BCUT2D eigenvalue weighted by Gasteiger charge is -2.22. The fourth-order valence-electron chi connectivity index (χ4n) is 1.31. The minimum atomic E-state index is -0.797. The number of hydrogen-bond acceptors (Lipinski definition) is 5. The van der Waals surface area contributed by atoms with Crippen LogP contribution in [-0.2, 0) is 9.53 Å². The normalized spacial score (nSPS) is 12.4. The second kappa shape index (κ2) is 5.87. The first-order valence-corrected chi connectivity index (χ1v) is 5.90. The summed E-state index contributed by atoms with van der Waals surface area (Å²) < 4.78 is 5.22. The van der Waals surface area contributed by atoms with Gasteiger partial charge in [-0.25, -0.2) is 4.79 Å². The number of hydrogen-bond donors (Lipinski definition) is 1. The summed E-state index contributed by atoms with van der Waals surface area (Å²) in [7, 11) is 0. The van der Waals surface area contributed by atoms with Crippen molar-refractivity contribution in [3.63, 3.8) is 0 Å². The van der Waals surface area contributed by atoms with E-state index in [1.165, 1.54) is 0 Å². The zero-order chi connectivity index (χ0) is 13.8. The van der Waals surface area contributed by atoms with Crippen LogP contribution in [0.1, 0.15) is 32.4 Å². The predicted octanol–water partition coefficient (Wildman–Crippen LogP) is 2.76. The molecule has 96 valence electrons. The second-order valence-corrected chi connectivity index (χ2v) is 4.99. The molecule has 1 unspecified atom stereocenters. The summed E-state index contributed by atoms with van der Waals surface area (Å²) in [4.78, 5) is 15.6. The topological polar surface area (TPSA) is 64.7 Å². The largest absolute Gasteiger partial charge is 0.459 e. The molecule has 0 fully saturated rings. The number of ether oxygens (including phenoxy) is 1. The van der Waals surface area contributed by atoms with Crippen molar-refractivity contribution in [1.29, 1.82) is 0 Å². The van der Waals surface area contributed by atoms with Crippen LogP contribution in [0.25, 0.3) is 0 Å². The Bertz CT molecular complexity index is 471. The van der Waals surface area contributed by atoms with Gasteiger partial charge in [0.1, 0.15) is 11.6 Å². The maximum atomic E-state index is 11.8. The first-order valence-electron chi connectivity index (χ1n) is 5.50. The minimum Gasteiger partial charge on any atom is -0.459 e. The number of aliphatic imine (C=N–C) groups is 1. The van der Waals surface area contributed by atoms with Crippen LogP contribution in [0.2, 0.25) is 0 Å². The molecule has 0 spiro atoms. The fraction of sp³-hybridized carbons (Fsp3) is 0.385. The van der Waals surface area contributed by atoms with E-state index in [4.69, 9.17) is 10.5 Å². The van der Waals surface area contributed by atoms with Gasteiger partial charge in [-0.2, -0.15) is 4.99 Å². The number of nitrogens with two attached hydrogens (primary N) is 1. The number of thiocarbonyl (C=S) groups is 1. The first kappa shape index (κ1) is 14.5. The first-order chi connectivity index (χ1) is 8.33. The predicted molar refractivity (Wildman–Crippen MR) is 73.9 cm³/mol. The lowest BCUT2D eigenvalue weighted by molar-refractivity contribution is -0.156. The summed E-state index contributed by atoms with van der Waals surface area (Å²) in [5.74, 6) is -0.450. The molecule has 0 bridgehead atoms. The lowest BCUT2D eigenvalue weighted by atomic mass is 10.1. The van der Waals surface area contributed by atoms with Crippen LogP contribution in [0.5, 0.6) is 0 Å². The van der Waals surface area contributed by atoms with Crippen molar-refractivity contribution in [2.45, 2.75) is 32.4 Å². The van der Waals surface area contributed by atoms with Gasteiger partial charge in [0.2, 0.25) is 0 Å². The van der Waals surface area contributed by atoms with Crippen molar-refractivity contribution in [2.75, 3.05) is 0 Å². The molecule has 0 amide bonds. The minimum absolute atomic E-state index is 0.450. The Morgan fingerprint density at radius 1 is 1.39 bits per heavy atom. The highest BCUT2D eigenvalue weighted by Crippen LogP contribution is 2.19. The van der Waals surface area contributed by atoms with E-state index in [9.17, 15) is 4.79 Å². The molecular formula is C13H16N2O2S. The van der Waals surface area contributed by atoms with Crippen LogP contribution in [0, 0.1) is 0 Å². The van der Waals surface area contributed by atoms with Crippen molar-refractivity contribution in [3.8, 4) is 0 Å². The number of isothiocyanates is 1. The number of benzene rings is 1. The third-order valence-electron chi connectivity index (χ3n) is 2.09. The average Bonchev–Trinajstić information content (AvgIpc) is 2.27. The van der Waals surface area contributed by atoms with Crippen LogP contribution >= 0.6 is 12.2 Å². The third-order valence-corrected chi connectivity index (χ3v) is 2.18. The zero-order valence-electron chi connectivity index (χ0n) is 10.6. The van der Waals surface area contributed by atoms with Crippen molar-refractivity contribution in [2.24, 2.45) is 10.7 Å². The second-order valence-electron chi connectivity index (χ2n) is 4.81. The van der Waals surface area contributed by atoms with Gasteiger partial charge < -0.3 is 10.5 Å². The molecule has 0 aliphatic heterocycles. The standard InChI is InChI=1S/C13H16N2O2S/c1-13(2,3)17-12(16)11(14)9-4-6-10(7-5-9)15-8-18/h4-7,11H,14H2,1-3H3. The molecule has 18 heavy (non-hydrogen) atoms. The Kier molecular flexibility index (Phi) is 4.73. The van der Waals surface area contributed by atoms with E-state index in [2.05, 4.69) is 22.4 Å². The molecule has 1 atom stereocenters. The zero-order valence-corrected chi connectivity index (χ0v) is 11.5. The maximum Gasteiger partial charge on any atom is 0.328 e. The van der Waals surface area contributed by atoms with Gasteiger partial charge in [0.05, 0.1) is 10.8 Å². The van der Waals surface area contributed by atoms with Gasteiger partial charge in [0.25, 0.3) is 0 Å². The van der Waals surface area contributed by atoms with Crippen LogP contribution in [0.15, 0.2) is 29.3 Å². The van der Waals surface area contributed by atoms with Crippen molar-refractivity contribution < 1.29 is 9.53 Å². The average molecular weight is 264 g/mol. The highest BCUT2D eigenvalue weighted by molar-refractivity contribution is 7.78. The molecule has 0 aromatic heterocycles. The van der Waals surface area contributed by atoms with Gasteiger partial charge in [0, 0.05) is 0 Å². The summed E-state index contributed by atoms with van der Waals surface area (Å²) in [5, 5.41) is 2.27. The quantitative estimate of drug-likeness (QED) is 0.518. The Hall–Kier alpha value is -1.55. The van der Waals surface area contributed by atoms with Gasteiger partial charge in [-0.3, -0.25) is 0 Å². The number of carbonyl (C=O) groups is 1. The number of rotatable bonds is 3. The molecule has 0 aliphatic rings. The number of nitrogens with zero attached hydrogens (tertiary/aromatic N) is 1. The van der Waals surface area contributed by atoms with Crippen molar-refractivity contribution in [3.05, 3.63) is 29.8 Å². The number of carbonyl (C=O) groups excluding carboxylic acids is 1. The summed E-state index contributed by atoms with van der Waals surface area (Å²) >= 11 is 4.50. The van der Waals surface area contributed by atoms with E-state index in [0.29, 0.717) is 11.3 Å². The molecule has 5 heteroatoms. The van der Waals surface area contributed by atoms with E-state index in [-0.39, 0.29) is 0 Å². The van der Waals surface area contributed by atoms with E-state index >= 15 is 0 Å². The summed E-state index contributed by atoms with van der Waals surface area (Å²) in [6.45, 7) is 5.40. The Labute approximate surface area is 112 Å². The molecule has 1 aromatic carbocycles. The van der Waals surface area contributed by atoms with Crippen molar-refractivity contribution in [1.82, 2.24) is 0 Å². The lowest BCUT2D eigenvalue weighted by Crippen LogP contribution is -2.31. The summed E-state index contributed by atoms with van der Waals surface area (Å²) in [5.41, 5.74) is 6.63. The molecule has 4 nitrogen and oxygen atoms in total. The molecule has 0 saturated heterocycles. The molecular weight excluding hydrogens is 248 g/mol. The van der Waals surface area contributed by atoms with Gasteiger partial charge in [-0.15, -0.1) is 0 Å². The molecule has 0 heterocycles. The smallest absolute Gasteiger partial charge is 0.328 e. The molecule has 0 saturated carbocycles. The van der Waals surface area contributed by atoms with Crippen LogP contribution in [0.4, 0.5) is 5.69 Å². The highest BCUT2D eigenvalue weighted by Gasteiger charge is 2.23. The fourth-order valence-corrected chi connectivity index (χ4v) is 1.42. The summed E-state index contributed by atoms with van der Waals surface area (Å²) in [6, 6.07) is 6.09. The monoisotopic (exact) mass is 264 g/mol. The van der Waals surface area contributed by atoms with Crippen LogP contribution < -0.4 is 5.73 Å². The molecule has 0 aliphatic carbocycles. The van der Waals surface area contributed by atoms with Crippen LogP contribution in [-0.4, -0.2) is 16.7 Å². The maximum absolute atomic E-state index is 11.8. The van der Waals surface area contributed by atoms with E-state index < -0.39 is 17.6 Å². The van der Waals surface area contributed by atoms with E-state index in [1.54, 1.807) is 45.0 Å². The Balaban J connectivity index is 2.81.